The van der Waals surface area contributed by atoms with Crippen LogP contribution in [-0.4, -0.2) is 37.1 Å². The van der Waals surface area contributed by atoms with Crippen LogP contribution in [0.25, 0.3) is 0 Å². The first-order chi connectivity index (χ1) is 8.78. The lowest BCUT2D eigenvalue weighted by atomic mass is 10.1. The average molecular weight is 248 g/mol. The van der Waals surface area contributed by atoms with Crippen molar-refractivity contribution >= 4 is 5.69 Å². The van der Waals surface area contributed by atoms with Crippen molar-refractivity contribution in [1.82, 2.24) is 4.90 Å². The van der Waals surface area contributed by atoms with Crippen molar-refractivity contribution < 1.29 is 4.39 Å². The van der Waals surface area contributed by atoms with Gasteiger partial charge in [0.15, 0.2) is 0 Å². The van der Waals surface area contributed by atoms with E-state index in [-0.39, 0.29) is 5.82 Å². The van der Waals surface area contributed by atoms with Crippen molar-refractivity contribution in [2.24, 2.45) is 0 Å². The van der Waals surface area contributed by atoms with Gasteiger partial charge in [0, 0.05) is 31.4 Å². The lowest BCUT2D eigenvalue weighted by molar-refractivity contribution is 0.231. The third-order valence-electron chi connectivity index (χ3n) is 4.37. The molecule has 2 nitrogen and oxygen atoms in total. The SMILES string of the molecule is CCc1ccc(N2CCN3CCC[C@H]3C2)cc1F. The zero-order valence-corrected chi connectivity index (χ0v) is 11.0. The number of rotatable bonds is 2. The highest BCUT2D eigenvalue weighted by atomic mass is 19.1. The maximum Gasteiger partial charge on any atom is 0.128 e. The van der Waals surface area contributed by atoms with Crippen LogP contribution in [0.1, 0.15) is 25.3 Å². The molecule has 0 unspecified atom stereocenters. The standard InChI is InChI=1S/C15H21FN2/c1-2-12-5-6-13(10-15(12)16)18-9-8-17-7-3-4-14(17)11-18/h5-6,10,14H,2-4,7-9,11H2,1H3/t14-/m0/s1. The summed E-state index contributed by atoms with van der Waals surface area (Å²) in [6, 6.07) is 6.41. The van der Waals surface area contributed by atoms with Gasteiger partial charge in [0.25, 0.3) is 0 Å². The highest BCUT2D eigenvalue weighted by Crippen LogP contribution is 2.26. The summed E-state index contributed by atoms with van der Waals surface area (Å²) >= 11 is 0. The Morgan fingerprint density at radius 1 is 1.28 bits per heavy atom. The predicted octanol–water partition coefficient (Wildman–Crippen LogP) is 2.67. The van der Waals surface area contributed by atoms with Gasteiger partial charge in [0.05, 0.1) is 0 Å². The Morgan fingerprint density at radius 2 is 2.17 bits per heavy atom. The first-order valence-corrected chi connectivity index (χ1v) is 7.05. The topological polar surface area (TPSA) is 6.48 Å². The van der Waals surface area contributed by atoms with E-state index in [1.54, 1.807) is 6.07 Å². The molecule has 18 heavy (non-hydrogen) atoms. The van der Waals surface area contributed by atoms with Crippen LogP contribution in [0.15, 0.2) is 18.2 Å². The fraction of sp³-hybridized carbons (Fsp3) is 0.600. The molecule has 3 rings (SSSR count). The maximum absolute atomic E-state index is 13.8. The number of nitrogens with zero attached hydrogens (tertiary/aromatic N) is 2. The number of hydrogen-bond donors (Lipinski definition) is 0. The molecule has 0 bridgehead atoms. The molecule has 0 amide bonds. The van der Waals surface area contributed by atoms with Gasteiger partial charge >= 0.3 is 0 Å². The number of halogens is 1. The van der Waals surface area contributed by atoms with Crippen molar-refractivity contribution in [3.63, 3.8) is 0 Å². The molecular formula is C15H21FN2. The first kappa shape index (κ1) is 12.0. The third-order valence-corrected chi connectivity index (χ3v) is 4.37. The Kier molecular flexibility index (Phi) is 3.25. The highest BCUT2D eigenvalue weighted by molar-refractivity contribution is 5.49. The molecule has 2 heterocycles. The van der Waals surface area contributed by atoms with Crippen molar-refractivity contribution in [2.75, 3.05) is 31.1 Å². The summed E-state index contributed by atoms with van der Waals surface area (Å²) in [5.41, 5.74) is 1.87. The molecule has 0 N–H and O–H groups in total. The first-order valence-electron chi connectivity index (χ1n) is 7.05. The van der Waals surface area contributed by atoms with Gasteiger partial charge in [-0.25, -0.2) is 4.39 Å². The van der Waals surface area contributed by atoms with Gasteiger partial charge in [-0.2, -0.15) is 0 Å². The number of aryl methyl sites for hydroxylation is 1. The van der Waals surface area contributed by atoms with E-state index in [2.05, 4.69) is 15.9 Å². The molecule has 2 aliphatic heterocycles. The Bertz CT molecular complexity index is 433. The quantitative estimate of drug-likeness (QED) is 0.794. The van der Waals surface area contributed by atoms with Gasteiger partial charge in [0.1, 0.15) is 5.82 Å². The van der Waals surface area contributed by atoms with Gasteiger partial charge in [-0.15, -0.1) is 0 Å². The van der Waals surface area contributed by atoms with Crippen LogP contribution in [0.5, 0.6) is 0 Å². The molecule has 0 aromatic heterocycles. The molecule has 0 saturated carbocycles. The number of piperazine rings is 1. The van der Waals surface area contributed by atoms with Crippen LogP contribution in [0, 0.1) is 5.82 Å². The molecule has 1 atom stereocenters. The summed E-state index contributed by atoms with van der Waals surface area (Å²) in [5.74, 6) is -0.0520. The molecule has 3 heteroatoms. The summed E-state index contributed by atoms with van der Waals surface area (Å²) in [5, 5.41) is 0. The Morgan fingerprint density at radius 3 is 2.94 bits per heavy atom. The molecule has 98 valence electrons. The minimum Gasteiger partial charge on any atom is -0.369 e. The second kappa shape index (κ2) is 4.88. The van der Waals surface area contributed by atoms with E-state index < -0.39 is 0 Å². The summed E-state index contributed by atoms with van der Waals surface area (Å²) in [6.07, 6.45) is 3.39. The molecule has 2 fully saturated rings. The number of anilines is 1. The summed E-state index contributed by atoms with van der Waals surface area (Å²) in [6.45, 7) is 6.46. The molecule has 0 radical (unpaired) electrons. The fourth-order valence-corrected chi connectivity index (χ4v) is 3.25. The monoisotopic (exact) mass is 248 g/mol. The van der Waals surface area contributed by atoms with Crippen LogP contribution in [-0.2, 0) is 6.42 Å². The van der Waals surface area contributed by atoms with E-state index in [0.29, 0.717) is 6.04 Å². The van der Waals surface area contributed by atoms with Gasteiger partial charge < -0.3 is 4.90 Å². The Balaban J connectivity index is 1.76. The second-order valence-corrected chi connectivity index (χ2v) is 5.41. The lowest BCUT2D eigenvalue weighted by Crippen LogP contribution is -2.50. The highest BCUT2D eigenvalue weighted by Gasteiger charge is 2.30. The second-order valence-electron chi connectivity index (χ2n) is 5.41. The number of hydrogen-bond acceptors (Lipinski definition) is 2. The van der Waals surface area contributed by atoms with E-state index >= 15 is 0 Å². The zero-order valence-electron chi connectivity index (χ0n) is 11.0. The average Bonchev–Trinajstić information content (AvgIpc) is 2.85. The largest absolute Gasteiger partial charge is 0.369 e. The summed E-state index contributed by atoms with van der Waals surface area (Å²) in [4.78, 5) is 4.92. The lowest BCUT2D eigenvalue weighted by Gasteiger charge is -2.38. The van der Waals surface area contributed by atoms with Crippen LogP contribution < -0.4 is 4.90 Å². The van der Waals surface area contributed by atoms with Crippen LogP contribution in [0.4, 0.5) is 10.1 Å². The zero-order chi connectivity index (χ0) is 12.5. The van der Waals surface area contributed by atoms with Crippen molar-refractivity contribution in [1.29, 1.82) is 0 Å². The number of fused-ring (bicyclic) bond motifs is 1. The molecular weight excluding hydrogens is 227 g/mol. The third kappa shape index (κ3) is 2.12. The van der Waals surface area contributed by atoms with Gasteiger partial charge in [0.2, 0.25) is 0 Å². The van der Waals surface area contributed by atoms with E-state index in [1.807, 2.05) is 13.0 Å². The summed E-state index contributed by atoms with van der Waals surface area (Å²) < 4.78 is 13.8. The van der Waals surface area contributed by atoms with Crippen LogP contribution in [0.2, 0.25) is 0 Å². The van der Waals surface area contributed by atoms with Crippen molar-refractivity contribution in [3.8, 4) is 0 Å². The fourth-order valence-electron chi connectivity index (χ4n) is 3.25. The smallest absolute Gasteiger partial charge is 0.128 e. The van der Waals surface area contributed by atoms with E-state index in [1.165, 1.54) is 19.4 Å². The minimum absolute atomic E-state index is 0.0520. The molecule has 2 aliphatic rings. The minimum atomic E-state index is -0.0520. The Labute approximate surface area is 108 Å². The summed E-state index contributed by atoms with van der Waals surface area (Å²) in [7, 11) is 0. The van der Waals surface area contributed by atoms with Gasteiger partial charge in [-0.3, -0.25) is 4.90 Å². The van der Waals surface area contributed by atoms with E-state index in [9.17, 15) is 4.39 Å². The van der Waals surface area contributed by atoms with Crippen molar-refractivity contribution in [3.05, 3.63) is 29.6 Å². The molecule has 1 aromatic rings. The van der Waals surface area contributed by atoms with Gasteiger partial charge in [-0.1, -0.05) is 13.0 Å². The number of benzene rings is 1. The van der Waals surface area contributed by atoms with Crippen LogP contribution >= 0.6 is 0 Å². The molecule has 0 spiro atoms. The molecule has 2 saturated heterocycles. The predicted molar refractivity (Wildman–Crippen MR) is 72.6 cm³/mol. The van der Waals surface area contributed by atoms with Crippen LogP contribution in [0.3, 0.4) is 0 Å². The van der Waals surface area contributed by atoms with Gasteiger partial charge in [-0.05, 0) is 43.5 Å². The maximum atomic E-state index is 13.8. The van der Waals surface area contributed by atoms with E-state index in [4.69, 9.17) is 0 Å². The van der Waals surface area contributed by atoms with E-state index in [0.717, 1.165) is 37.3 Å². The Hall–Kier alpha value is -1.09. The molecule has 0 aliphatic carbocycles. The van der Waals surface area contributed by atoms with Crippen molar-refractivity contribution in [2.45, 2.75) is 32.2 Å². The molecule has 1 aromatic carbocycles. The normalized spacial score (nSPS) is 24.3.